The second-order valence-electron chi connectivity index (χ2n) is 10.1. The van der Waals surface area contributed by atoms with Gasteiger partial charge in [-0.15, -0.1) is 0 Å². The van der Waals surface area contributed by atoms with E-state index in [0.29, 0.717) is 12.5 Å². The molecule has 31 heavy (non-hydrogen) atoms. The highest BCUT2D eigenvalue weighted by Crippen LogP contribution is 2.20. The summed E-state index contributed by atoms with van der Waals surface area (Å²) in [5.74, 6) is 0.676. The third kappa shape index (κ3) is 21.1. The van der Waals surface area contributed by atoms with Crippen molar-refractivity contribution in [3.05, 3.63) is 0 Å². The van der Waals surface area contributed by atoms with E-state index in [-0.39, 0.29) is 11.9 Å². The van der Waals surface area contributed by atoms with Gasteiger partial charge in [-0.3, -0.25) is 4.79 Å². The maximum atomic E-state index is 12.4. The average molecular weight is 439 g/mol. The second kappa shape index (κ2) is 24.1. The topological polar surface area (TPSA) is 26.3 Å². The Labute approximate surface area is 196 Å². The van der Waals surface area contributed by atoms with Gasteiger partial charge in [0.05, 0.1) is 12.5 Å². The van der Waals surface area contributed by atoms with E-state index in [1.54, 1.807) is 0 Å². The minimum absolute atomic E-state index is 0.0408. The first-order chi connectivity index (χ1) is 15.2. The molecule has 0 amide bonds. The zero-order valence-corrected chi connectivity index (χ0v) is 22.0. The lowest BCUT2D eigenvalue weighted by Crippen LogP contribution is -2.19. The summed E-state index contributed by atoms with van der Waals surface area (Å²) >= 11 is 0. The molecule has 2 nitrogen and oxygen atoms in total. The number of hydrogen-bond donors (Lipinski definition) is 0. The van der Waals surface area contributed by atoms with Crippen molar-refractivity contribution in [3.8, 4) is 0 Å². The van der Waals surface area contributed by atoms with Crippen LogP contribution in [0.2, 0.25) is 0 Å². The number of rotatable bonds is 24. The number of carbonyl (C=O) groups excluding carboxylic acids is 1. The van der Waals surface area contributed by atoms with Crippen LogP contribution in [0.25, 0.3) is 0 Å². The molecule has 0 aliphatic rings. The molecule has 0 N–H and O–H groups in total. The molecule has 2 heteroatoms. The van der Waals surface area contributed by atoms with Crippen LogP contribution in [0.3, 0.4) is 0 Å². The highest BCUT2D eigenvalue weighted by Gasteiger charge is 2.17. The average Bonchev–Trinajstić information content (AvgIpc) is 2.77. The Hall–Kier alpha value is -0.530. The minimum Gasteiger partial charge on any atom is -0.465 e. The van der Waals surface area contributed by atoms with E-state index >= 15 is 0 Å². The number of carbonyl (C=O) groups is 1. The molecule has 1 atom stereocenters. The third-order valence-electron chi connectivity index (χ3n) is 6.79. The molecule has 0 radical (unpaired) electrons. The number of unbranched alkanes of at least 4 members (excludes halogenated alkanes) is 15. The van der Waals surface area contributed by atoms with E-state index in [0.717, 1.165) is 6.42 Å². The summed E-state index contributed by atoms with van der Waals surface area (Å²) in [6, 6.07) is 0. The van der Waals surface area contributed by atoms with Crippen molar-refractivity contribution in [1.82, 2.24) is 0 Å². The Bertz CT molecular complexity index is 356. The Kier molecular flexibility index (Phi) is 23.7. The van der Waals surface area contributed by atoms with Gasteiger partial charge in [0.25, 0.3) is 0 Å². The summed E-state index contributed by atoms with van der Waals surface area (Å²) in [5.41, 5.74) is 0. The molecule has 1 unspecified atom stereocenters. The molecule has 0 aromatic heterocycles. The molecular formula is C29H58O2. The van der Waals surface area contributed by atoms with E-state index in [4.69, 9.17) is 4.74 Å². The highest BCUT2D eigenvalue weighted by molar-refractivity contribution is 5.71. The Balaban J connectivity index is 3.72. The first kappa shape index (κ1) is 30.5. The quantitative estimate of drug-likeness (QED) is 0.111. The summed E-state index contributed by atoms with van der Waals surface area (Å²) in [4.78, 5) is 12.4. The van der Waals surface area contributed by atoms with Crippen LogP contribution in [-0.4, -0.2) is 12.6 Å². The predicted molar refractivity (Wildman–Crippen MR) is 138 cm³/mol. The van der Waals surface area contributed by atoms with Gasteiger partial charge in [-0.2, -0.15) is 0 Å². The van der Waals surface area contributed by atoms with Crippen LogP contribution in [0, 0.1) is 11.8 Å². The van der Waals surface area contributed by atoms with Crippen LogP contribution >= 0.6 is 0 Å². The summed E-state index contributed by atoms with van der Waals surface area (Å²) < 4.78 is 5.75. The Morgan fingerprint density at radius 1 is 0.548 bits per heavy atom. The fourth-order valence-corrected chi connectivity index (χ4v) is 4.43. The fraction of sp³-hybridized carbons (Fsp3) is 0.966. The van der Waals surface area contributed by atoms with E-state index in [1.807, 2.05) is 0 Å². The molecule has 0 rings (SSSR count). The zero-order chi connectivity index (χ0) is 23.0. The molecular weight excluding hydrogens is 380 g/mol. The first-order valence-electron chi connectivity index (χ1n) is 14.3. The highest BCUT2D eigenvalue weighted by atomic mass is 16.5. The van der Waals surface area contributed by atoms with Gasteiger partial charge in [0.1, 0.15) is 0 Å². The van der Waals surface area contributed by atoms with Crippen LogP contribution in [-0.2, 0) is 9.53 Å². The number of esters is 1. The molecule has 0 aliphatic carbocycles. The first-order valence-corrected chi connectivity index (χ1v) is 14.3. The fourth-order valence-electron chi connectivity index (χ4n) is 4.43. The summed E-state index contributed by atoms with van der Waals surface area (Å²) in [6.45, 7) is 9.50. The maximum absolute atomic E-state index is 12.4. The lowest BCUT2D eigenvalue weighted by molar-refractivity contribution is -0.149. The van der Waals surface area contributed by atoms with Gasteiger partial charge in [0.2, 0.25) is 0 Å². The smallest absolute Gasteiger partial charge is 0.308 e. The van der Waals surface area contributed by atoms with Gasteiger partial charge >= 0.3 is 5.97 Å². The van der Waals surface area contributed by atoms with Gasteiger partial charge in [-0.25, -0.2) is 0 Å². The minimum atomic E-state index is 0.0408. The maximum Gasteiger partial charge on any atom is 0.308 e. The summed E-state index contributed by atoms with van der Waals surface area (Å²) in [6.07, 6.45) is 27.5. The SMILES string of the molecule is CCCCCCCCCCCCCCC(C)C(=O)OCC(CCCCC)CCCCC. The molecule has 0 saturated carbocycles. The third-order valence-corrected chi connectivity index (χ3v) is 6.79. The van der Waals surface area contributed by atoms with E-state index in [2.05, 4.69) is 27.7 Å². The van der Waals surface area contributed by atoms with E-state index in [1.165, 1.54) is 128 Å². The second-order valence-corrected chi connectivity index (χ2v) is 10.1. The lowest BCUT2D eigenvalue weighted by atomic mass is 9.95. The van der Waals surface area contributed by atoms with Crippen molar-refractivity contribution in [1.29, 1.82) is 0 Å². The van der Waals surface area contributed by atoms with Crippen molar-refractivity contribution in [2.75, 3.05) is 6.61 Å². The largest absolute Gasteiger partial charge is 0.465 e. The monoisotopic (exact) mass is 438 g/mol. The molecule has 0 aromatic carbocycles. The van der Waals surface area contributed by atoms with Crippen LogP contribution in [0.15, 0.2) is 0 Å². The normalized spacial score (nSPS) is 12.4. The van der Waals surface area contributed by atoms with Crippen LogP contribution in [0.5, 0.6) is 0 Å². The van der Waals surface area contributed by atoms with Gasteiger partial charge < -0.3 is 4.74 Å². The molecule has 186 valence electrons. The molecule has 0 bridgehead atoms. The molecule has 0 aliphatic heterocycles. The summed E-state index contributed by atoms with van der Waals surface area (Å²) in [5, 5.41) is 0. The molecule has 0 saturated heterocycles. The van der Waals surface area contributed by atoms with Crippen molar-refractivity contribution in [2.45, 2.75) is 163 Å². The molecule has 0 aromatic rings. The molecule has 0 fully saturated rings. The molecule has 0 spiro atoms. The van der Waals surface area contributed by atoms with Crippen LogP contribution < -0.4 is 0 Å². The lowest BCUT2D eigenvalue weighted by Gasteiger charge is -2.18. The zero-order valence-electron chi connectivity index (χ0n) is 22.0. The Morgan fingerprint density at radius 2 is 0.903 bits per heavy atom. The standard InChI is InChI=1S/C29H58O2/c1-5-8-11-12-13-14-15-16-17-18-19-22-23-27(4)29(30)31-26-28(24-20-9-6-2)25-21-10-7-3/h27-28H,5-26H2,1-4H3. The van der Waals surface area contributed by atoms with Gasteiger partial charge in [0.15, 0.2) is 0 Å². The van der Waals surface area contributed by atoms with Gasteiger partial charge in [-0.05, 0) is 25.2 Å². The van der Waals surface area contributed by atoms with Crippen molar-refractivity contribution in [2.24, 2.45) is 11.8 Å². The van der Waals surface area contributed by atoms with Gasteiger partial charge in [0, 0.05) is 0 Å². The Morgan fingerprint density at radius 3 is 1.35 bits per heavy atom. The van der Waals surface area contributed by atoms with Gasteiger partial charge in [-0.1, -0.05) is 143 Å². The predicted octanol–water partition coefficient (Wildman–Crippen LogP) is 10.0. The number of ether oxygens (including phenoxy) is 1. The van der Waals surface area contributed by atoms with E-state index in [9.17, 15) is 4.79 Å². The van der Waals surface area contributed by atoms with Crippen molar-refractivity contribution < 1.29 is 9.53 Å². The number of hydrogen-bond acceptors (Lipinski definition) is 2. The van der Waals surface area contributed by atoms with Crippen molar-refractivity contribution >= 4 is 5.97 Å². The summed E-state index contributed by atoms with van der Waals surface area (Å²) in [7, 11) is 0. The van der Waals surface area contributed by atoms with E-state index < -0.39 is 0 Å². The van der Waals surface area contributed by atoms with Crippen LogP contribution in [0.1, 0.15) is 163 Å². The van der Waals surface area contributed by atoms with Crippen LogP contribution in [0.4, 0.5) is 0 Å². The molecule has 0 heterocycles. The van der Waals surface area contributed by atoms with Crippen molar-refractivity contribution in [3.63, 3.8) is 0 Å².